The minimum atomic E-state index is -4.41. The van der Waals surface area contributed by atoms with Crippen molar-refractivity contribution in [1.82, 2.24) is 19.9 Å². The summed E-state index contributed by atoms with van der Waals surface area (Å²) in [5, 5.41) is 8.05. The molecule has 2 aliphatic rings. The molecule has 5 nitrogen and oxygen atoms in total. The fourth-order valence-electron chi connectivity index (χ4n) is 4.32. The average molecular weight is 420 g/mol. The highest BCUT2D eigenvalue weighted by Crippen LogP contribution is 2.34. The average Bonchev–Trinajstić information content (AvgIpc) is 3.40. The Hall–Kier alpha value is -2.42. The van der Waals surface area contributed by atoms with Crippen LogP contribution in [-0.4, -0.2) is 38.9 Å². The lowest BCUT2D eigenvalue weighted by Crippen LogP contribution is -2.40. The number of amides is 1. The molecule has 2 aromatic heterocycles. The van der Waals surface area contributed by atoms with Crippen LogP contribution in [-0.2, 0) is 19.0 Å². The Morgan fingerprint density at radius 1 is 1.17 bits per heavy atom. The summed E-state index contributed by atoms with van der Waals surface area (Å²) >= 11 is 1.60. The summed E-state index contributed by atoms with van der Waals surface area (Å²) in [6.45, 7) is 1.17. The van der Waals surface area contributed by atoms with E-state index in [9.17, 15) is 18.0 Å². The van der Waals surface area contributed by atoms with Gasteiger partial charge in [0.2, 0.25) is 0 Å². The normalized spacial score (nSPS) is 19.7. The molecule has 0 radical (unpaired) electrons. The van der Waals surface area contributed by atoms with Crippen LogP contribution in [0.15, 0.2) is 24.3 Å². The Balaban J connectivity index is 1.38. The maximum atomic E-state index is 13.0. The molecule has 1 unspecified atom stereocenters. The lowest BCUT2D eigenvalue weighted by molar-refractivity contribution is -0.137. The van der Waals surface area contributed by atoms with Gasteiger partial charge in [0.1, 0.15) is 5.52 Å². The maximum Gasteiger partial charge on any atom is 0.416 e. The lowest BCUT2D eigenvalue weighted by Gasteiger charge is -2.32. The highest BCUT2D eigenvalue weighted by atomic mass is 32.1. The summed E-state index contributed by atoms with van der Waals surface area (Å²) in [5.74, 6) is 0.0397. The molecule has 152 valence electrons. The number of hydrogen-bond acceptors (Lipinski definition) is 4. The fourth-order valence-corrected chi connectivity index (χ4v) is 5.54. The van der Waals surface area contributed by atoms with Crippen LogP contribution in [0, 0.1) is 0 Å². The zero-order valence-corrected chi connectivity index (χ0v) is 16.4. The Morgan fingerprint density at radius 2 is 2.03 bits per heavy atom. The molecule has 1 aliphatic carbocycles. The van der Waals surface area contributed by atoms with Crippen molar-refractivity contribution in [3.8, 4) is 0 Å². The van der Waals surface area contributed by atoms with E-state index >= 15 is 0 Å². The molecular formula is C20H19F3N4OS. The molecule has 5 rings (SSSR count). The first-order valence-electron chi connectivity index (χ1n) is 9.73. The van der Waals surface area contributed by atoms with Gasteiger partial charge in [0, 0.05) is 18.0 Å². The summed E-state index contributed by atoms with van der Waals surface area (Å²) < 4.78 is 40.5. The number of benzene rings is 1. The Kier molecular flexibility index (Phi) is 4.38. The second kappa shape index (κ2) is 6.83. The molecule has 1 saturated heterocycles. The first kappa shape index (κ1) is 18.6. The van der Waals surface area contributed by atoms with E-state index in [2.05, 4.69) is 10.3 Å². The zero-order valence-electron chi connectivity index (χ0n) is 15.6. The monoisotopic (exact) mass is 420 g/mol. The van der Waals surface area contributed by atoms with Crippen LogP contribution in [0.25, 0.3) is 11.0 Å². The largest absolute Gasteiger partial charge is 0.416 e. The first-order valence-corrected chi connectivity index (χ1v) is 10.5. The second-order valence-corrected chi connectivity index (χ2v) is 8.83. The number of aromatic nitrogens is 3. The third-order valence-corrected chi connectivity index (χ3v) is 7.01. The van der Waals surface area contributed by atoms with Gasteiger partial charge in [-0.15, -0.1) is 16.4 Å². The van der Waals surface area contributed by atoms with Crippen molar-refractivity contribution in [3.63, 3.8) is 0 Å². The van der Waals surface area contributed by atoms with Crippen molar-refractivity contribution < 1.29 is 18.0 Å². The summed E-state index contributed by atoms with van der Waals surface area (Å²) in [5.41, 5.74) is 1.35. The molecule has 29 heavy (non-hydrogen) atoms. The number of nitrogens with zero attached hydrogens (tertiary/aromatic N) is 4. The quantitative estimate of drug-likeness (QED) is 0.614. The number of aryl methyl sites for hydroxylation is 2. The van der Waals surface area contributed by atoms with Gasteiger partial charge < -0.3 is 4.90 Å². The van der Waals surface area contributed by atoms with Crippen LogP contribution < -0.4 is 0 Å². The Labute approximate surface area is 169 Å². The van der Waals surface area contributed by atoms with Crippen molar-refractivity contribution in [1.29, 1.82) is 0 Å². The molecule has 0 saturated carbocycles. The van der Waals surface area contributed by atoms with Gasteiger partial charge in [-0.3, -0.25) is 4.79 Å². The van der Waals surface area contributed by atoms with Crippen LogP contribution in [0.4, 0.5) is 13.2 Å². The van der Waals surface area contributed by atoms with E-state index in [0.29, 0.717) is 18.6 Å². The number of carbonyl (C=O) groups is 1. The molecule has 3 heterocycles. The van der Waals surface area contributed by atoms with E-state index in [4.69, 9.17) is 0 Å². The predicted molar refractivity (Wildman–Crippen MR) is 103 cm³/mol. The van der Waals surface area contributed by atoms with Crippen LogP contribution >= 0.6 is 11.3 Å². The Morgan fingerprint density at radius 3 is 2.83 bits per heavy atom. The summed E-state index contributed by atoms with van der Waals surface area (Å²) in [6, 6.07) is 5.44. The molecule has 1 atom stereocenters. The van der Waals surface area contributed by atoms with E-state index in [1.165, 1.54) is 16.5 Å². The fraction of sp³-hybridized carbons (Fsp3) is 0.450. The highest BCUT2D eigenvalue weighted by molar-refractivity contribution is 7.14. The zero-order chi connectivity index (χ0) is 20.2. The molecule has 0 spiro atoms. The second-order valence-electron chi connectivity index (χ2n) is 7.70. The summed E-state index contributed by atoms with van der Waals surface area (Å²) in [7, 11) is 0. The number of fused-ring (bicyclic) bond motifs is 2. The third-order valence-electron chi connectivity index (χ3n) is 5.79. The van der Waals surface area contributed by atoms with Gasteiger partial charge >= 0.3 is 6.18 Å². The maximum absolute atomic E-state index is 13.0. The van der Waals surface area contributed by atoms with Crippen LogP contribution in [0.2, 0.25) is 0 Å². The molecule has 1 amide bonds. The summed E-state index contributed by atoms with van der Waals surface area (Å²) in [6.07, 6.45) is 0.491. The van der Waals surface area contributed by atoms with Gasteiger partial charge in [-0.1, -0.05) is 5.21 Å². The van der Waals surface area contributed by atoms with Gasteiger partial charge in [-0.05, 0) is 61.9 Å². The number of carbonyl (C=O) groups excluding carboxylic acids is 1. The third kappa shape index (κ3) is 3.31. The van der Waals surface area contributed by atoms with Crippen LogP contribution in [0.3, 0.4) is 0 Å². The molecule has 0 N–H and O–H groups in total. The van der Waals surface area contributed by atoms with E-state index in [1.807, 2.05) is 11.0 Å². The van der Waals surface area contributed by atoms with Gasteiger partial charge in [0.05, 0.1) is 22.0 Å². The molecule has 9 heteroatoms. The molecule has 1 fully saturated rings. The standard InChI is InChI=1S/C20H19F3N4OS/c21-20(22,23)13-6-7-16-15(10-13)24-25-27(16)14-4-2-8-26(11-14)19(28)18-9-12-3-1-5-17(12)29-18/h6-7,9-10,14H,1-5,8,11H2. The number of rotatable bonds is 2. The van der Waals surface area contributed by atoms with Gasteiger partial charge in [0.25, 0.3) is 5.91 Å². The molecule has 0 bridgehead atoms. The van der Waals surface area contributed by atoms with Crippen molar-refractivity contribution in [2.24, 2.45) is 0 Å². The topological polar surface area (TPSA) is 51.0 Å². The van der Waals surface area contributed by atoms with E-state index in [-0.39, 0.29) is 17.5 Å². The molecule has 1 aromatic carbocycles. The van der Waals surface area contributed by atoms with Crippen molar-refractivity contribution in [3.05, 3.63) is 45.1 Å². The molecule has 3 aromatic rings. The summed E-state index contributed by atoms with van der Waals surface area (Å²) in [4.78, 5) is 17.0. The van der Waals surface area contributed by atoms with Crippen molar-refractivity contribution in [2.75, 3.05) is 13.1 Å². The number of likely N-dealkylation sites (tertiary alicyclic amines) is 1. The first-order chi connectivity index (χ1) is 13.9. The number of piperidine rings is 1. The van der Waals surface area contributed by atoms with Gasteiger partial charge in [-0.2, -0.15) is 13.2 Å². The van der Waals surface area contributed by atoms with E-state index in [0.717, 1.165) is 49.1 Å². The number of alkyl halides is 3. The SMILES string of the molecule is O=C(c1cc2c(s1)CCC2)N1CCCC(n2nnc3cc(C(F)(F)F)ccc32)C1. The molecule has 1 aliphatic heterocycles. The minimum absolute atomic E-state index is 0.0397. The highest BCUT2D eigenvalue weighted by Gasteiger charge is 2.32. The lowest BCUT2D eigenvalue weighted by atomic mass is 10.0. The molecular weight excluding hydrogens is 401 g/mol. The number of halogens is 3. The smallest absolute Gasteiger partial charge is 0.336 e. The number of hydrogen-bond donors (Lipinski definition) is 0. The van der Waals surface area contributed by atoms with Crippen molar-refractivity contribution >= 4 is 28.3 Å². The van der Waals surface area contributed by atoms with Crippen LogP contribution in [0.1, 0.15) is 51.0 Å². The number of thiophene rings is 1. The van der Waals surface area contributed by atoms with E-state index < -0.39 is 11.7 Å². The Bertz CT molecular complexity index is 1070. The van der Waals surface area contributed by atoms with Crippen molar-refractivity contribution in [2.45, 2.75) is 44.3 Å². The predicted octanol–water partition coefficient (Wildman–Crippen LogP) is 4.48. The van der Waals surface area contributed by atoms with Crippen LogP contribution in [0.5, 0.6) is 0 Å². The van der Waals surface area contributed by atoms with Gasteiger partial charge in [0.15, 0.2) is 0 Å². The van der Waals surface area contributed by atoms with E-state index in [1.54, 1.807) is 16.0 Å². The minimum Gasteiger partial charge on any atom is -0.336 e. The van der Waals surface area contributed by atoms with Gasteiger partial charge in [-0.25, -0.2) is 4.68 Å².